The molecule has 0 unspecified atom stereocenters. The standard InChI is InChI=1S/C19H21N5O3/c1-4-8-21-17(25)16-15(20)12-7-5-6-11(13(12)9-22-16)14-10-23-19(27-3)24-18(14)26-2/h5-7,9-10H,4,8,20H2,1-3H3,(H,21,25). The number of carbonyl (C=O) groups excluding carboxylic acids is 1. The summed E-state index contributed by atoms with van der Waals surface area (Å²) in [5.74, 6) is 0.0877. The summed E-state index contributed by atoms with van der Waals surface area (Å²) in [7, 11) is 3.02. The molecule has 0 saturated heterocycles. The molecule has 140 valence electrons. The first-order valence-corrected chi connectivity index (χ1v) is 8.51. The van der Waals surface area contributed by atoms with Crippen LogP contribution in [0.15, 0.2) is 30.6 Å². The molecule has 0 radical (unpaired) electrons. The van der Waals surface area contributed by atoms with Crippen molar-refractivity contribution in [3.8, 4) is 23.0 Å². The Balaban J connectivity index is 2.14. The van der Waals surface area contributed by atoms with Crippen molar-refractivity contribution in [2.75, 3.05) is 26.5 Å². The molecule has 8 heteroatoms. The Bertz CT molecular complexity index is 990. The van der Waals surface area contributed by atoms with Crippen molar-refractivity contribution in [2.24, 2.45) is 0 Å². The number of fused-ring (bicyclic) bond motifs is 1. The van der Waals surface area contributed by atoms with E-state index < -0.39 is 0 Å². The SMILES string of the molecule is CCCNC(=O)c1ncc2c(-c3cnc(OC)nc3OC)cccc2c1N. The quantitative estimate of drug-likeness (QED) is 0.688. The molecule has 0 aliphatic rings. The zero-order valence-corrected chi connectivity index (χ0v) is 15.4. The van der Waals surface area contributed by atoms with Gasteiger partial charge in [-0.1, -0.05) is 25.1 Å². The van der Waals surface area contributed by atoms with Crippen LogP contribution >= 0.6 is 0 Å². The molecule has 27 heavy (non-hydrogen) atoms. The van der Waals surface area contributed by atoms with Gasteiger partial charge in [0, 0.05) is 29.7 Å². The number of nitrogens with zero attached hydrogens (tertiary/aromatic N) is 3. The summed E-state index contributed by atoms with van der Waals surface area (Å²) < 4.78 is 10.4. The highest BCUT2D eigenvalue weighted by Crippen LogP contribution is 2.36. The van der Waals surface area contributed by atoms with Crippen LogP contribution in [0.5, 0.6) is 11.9 Å². The molecule has 1 amide bonds. The molecule has 0 aliphatic heterocycles. The third kappa shape index (κ3) is 3.46. The van der Waals surface area contributed by atoms with Crippen molar-refractivity contribution in [1.82, 2.24) is 20.3 Å². The van der Waals surface area contributed by atoms with E-state index in [1.807, 2.05) is 25.1 Å². The minimum atomic E-state index is -0.285. The number of hydrogen-bond donors (Lipinski definition) is 2. The Morgan fingerprint density at radius 3 is 2.63 bits per heavy atom. The largest absolute Gasteiger partial charge is 0.480 e. The third-order valence-electron chi connectivity index (χ3n) is 4.12. The van der Waals surface area contributed by atoms with Gasteiger partial charge in [-0.2, -0.15) is 4.98 Å². The zero-order chi connectivity index (χ0) is 19.4. The number of benzene rings is 1. The summed E-state index contributed by atoms with van der Waals surface area (Å²) in [5.41, 5.74) is 8.27. The number of carbonyl (C=O) groups is 1. The Kier molecular flexibility index (Phi) is 5.35. The van der Waals surface area contributed by atoms with Gasteiger partial charge >= 0.3 is 6.01 Å². The average Bonchev–Trinajstić information content (AvgIpc) is 2.71. The first kappa shape index (κ1) is 18.4. The summed E-state index contributed by atoms with van der Waals surface area (Å²) in [6, 6.07) is 5.81. The molecule has 0 aliphatic carbocycles. The minimum Gasteiger partial charge on any atom is -0.480 e. The third-order valence-corrected chi connectivity index (χ3v) is 4.12. The van der Waals surface area contributed by atoms with Crippen LogP contribution in [0.25, 0.3) is 21.9 Å². The van der Waals surface area contributed by atoms with Crippen molar-refractivity contribution < 1.29 is 14.3 Å². The summed E-state index contributed by atoms with van der Waals surface area (Å²) in [6.07, 6.45) is 4.09. The van der Waals surface area contributed by atoms with Crippen LogP contribution in [0.3, 0.4) is 0 Å². The number of hydrogen-bond acceptors (Lipinski definition) is 7. The topological polar surface area (TPSA) is 112 Å². The van der Waals surface area contributed by atoms with Gasteiger partial charge in [-0.15, -0.1) is 0 Å². The number of nitrogens with two attached hydrogens (primary N) is 1. The van der Waals surface area contributed by atoms with Gasteiger partial charge in [0.1, 0.15) is 0 Å². The van der Waals surface area contributed by atoms with Crippen molar-refractivity contribution >= 4 is 22.4 Å². The molecule has 8 nitrogen and oxygen atoms in total. The van der Waals surface area contributed by atoms with Gasteiger partial charge in [0.05, 0.1) is 25.5 Å². The van der Waals surface area contributed by atoms with E-state index in [-0.39, 0.29) is 17.6 Å². The number of ether oxygens (including phenoxy) is 2. The predicted octanol–water partition coefficient (Wildman–Crippen LogP) is 2.43. The molecule has 0 saturated carbocycles. The van der Waals surface area contributed by atoms with Crippen LogP contribution in [0.2, 0.25) is 0 Å². The number of nitrogen functional groups attached to an aromatic ring is 1. The molecular formula is C19H21N5O3. The fraction of sp³-hybridized carbons (Fsp3) is 0.263. The first-order valence-electron chi connectivity index (χ1n) is 8.51. The molecule has 0 spiro atoms. The number of pyridine rings is 1. The molecule has 0 bridgehead atoms. The lowest BCUT2D eigenvalue weighted by atomic mass is 9.99. The lowest BCUT2D eigenvalue weighted by Gasteiger charge is -2.13. The van der Waals surface area contributed by atoms with E-state index >= 15 is 0 Å². The predicted molar refractivity (Wildman–Crippen MR) is 103 cm³/mol. The normalized spacial score (nSPS) is 10.6. The average molecular weight is 367 g/mol. The fourth-order valence-corrected chi connectivity index (χ4v) is 2.79. The maximum Gasteiger partial charge on any atom is 0.319 e. The summed E-state index contributed by atoms with van der Waals surface area (Å²) >= 11 is 0. The lowest BCUT2D eigenvalue weighted by Crippen LogP contribution is -2.26. The number of rotatable bonds is 6. The van der Waals surface area contributed by atoms with Crippen LogP contribution in [-0.4, -0.2) is 41.6 Å². The van der Waals surface area contributed by atoms with E-state index in [4.69, 9.17) is 15.2 Å². The molecule has 2 aromatic heterocycles. The minimum absolute atomic E-state index is 0.211. The molecule has 3 N–H and O–H groups in total. The number of anilines is 1. The number of aromatic nitrogens is 3. The van der Waals surface area contributed by atoms with Crippen LogP contribution in [0, 0.1) is 0 Å². The van der Waals surface area contributed by atoms with Crippen LogP contribution in [-0.2, 0) is 0 Å². The van der Waals surface area contributed by atoms with Crippen LogP contribution in [0.1, 0.15) is 23.8 Å². The van der Waals surface area contributed by atoms with Gasteiger partial charge < -0.3 is 20.5 Å². The highest BCUT2D eigenvalue weighted by molar-refractivity contribution is 6.09. The van der Waals surface area contributed by atoms with E-state index in [1.54, 1.807) is 12.4 Å². The van der Waals surface area contributed by atoms with Crippen molar-refractivity contribution in [3.05, 3.63) is 36.3 Å². The summed E-state index contributed by atoms with van der Waals surface area (Å²) in [5, 5.41) is 4.29. The van der Waals surface area contributed by atoms with Crippen molar-refractivity contribution in [2.45, 2.75) is 13.3 Å². The van der Waals surface area contributed by atoms with Gasteiger partial charge in [-0.05, 0) is 12.0 Å². The maximum absolute atomic E-state index is 12.3. The maximum atomic E-state index is 12.3. The van der Waals surface area contributed by atoms with E-state index in [2.05, 4.69) is 20.3 Å². The number of amides is 1. The number of nitrogens with one attached hydrogen (secondary N) is 1. The van der Waals surface area contributed by atoms with E-state index in [1.165, 1.54) is 14.2 Å². The summed E-state index contributed by atoms with van der Waals surface area (Å²) in [4.78, 5) is 25.0. The van der Waals surface area contributed by atoms with E-state index in [9.17, 15) is 4.79 Å². The first-order chi connectivity index (χ1) is 13.1. The van der Waals surface area contributed by atoms with Crippen molar-refractivity contribution in [1.29, 1.82) is 0 Å². The Morgan fingerprint density at radius 1 is 1.11 bits per heavy atom. The summed E-state index contributed by atoms with van der Waals surface area (Å²) in [6.45, 7) is 2.55. The molecule has 3 rings (SSSR count). The smallest absolute Gasteiger partial charge is 0.319 e. The second-order valence-electron chi connectivity index (χ2n) is 5.82. The Hall–Kier alpha value is -3.42. The molecular weight excluding hydrogens is 346 g/mol. The second kappa shape index (κ2) is 7.86. The number of methoxy groups -OCH3 is 2. The highest BCUT2D eigenvalue weighted by Gasteiger charge is 2.18. The Morgan fingerprint density at radius 2 is 1.93 bits per heavy atom. The molecule has 2 heterocycles. The monoisotopic (exact) mass is 367 g/mol. The molecule has 0 atom stereocenters. The molecule has 0 fully saturated rings. The van der Waals surface area contributed by atoms with E-state index in [0.717, 1.165) is 22.8 Å². The van der Waals surface area contributed by atoms with Gasteiger partial charge in [0.15, 0.2) is 5.69 Å². The zero-order valence-electron chi connectivity index (χ0n) is 15.4. The molecule has 3 aromatic rings. The van der Waals surface area contributed by atoms with Gasteiger partial charge in [0.25, 0.3) is 5.91 Å². The van der Waals surface area contributed by atoms with Gasteiger partial charge in [-0.3, -0.25) is 4.79 Å². The fourth-order valence-electron chi connectivity index (χ4n) is 2.79. The lowest BCUT2D eigenvalue weighted by molar-refractivity contribution is 0.0950. The van der Waals surface area contributed by atoms with Crippen molar-refractivity contribution in [3.63, 3.8) is 0 Å². The van der Waals surface area contributed by atoms with Crippen LogP contribution < -0.4 is 20.5 Å². The van der Waals surface area contributed by atoms with Crippen LogP contribution in [0.4, 0.5) is 5.69 Å². The second-order valence-corrected chi connectivity index (χ2v) is 5.82. The molecule has 1 aromatic carbocycles. The van der Waals surface area contributed by atoms with Gasteiger partial charge in [0.2, 0.25) is 5.88 Å². The Labute approximate surface area is 156 Å². The highest BCUT2D eigenvalue weighted by atomic mass is 16.5. The van der Waals surface area contributed by atoms with Gasteiger partial charge in [-0.25, -0.2) is 9.97 Å². The van der Waals surface area contributed by atoms with E-state index in [0.29, 0.717) is 23.7 Å².